The van der Waals surface area contributed by atoms with Crippen molar-refractivity contribution in [1.29, 1.82) is 5.26 Å². The summed E-state index contributed by atoms with van der Waals surface area (Å²) in [6.45, 7) is 8.08. The van der Waals surface area contributed by atoms with Crippen LogP contribution in [0.15, 0.2) is 35.1 Å². The minimum atomic E-state index is -0.529. The zero-order valence-electron chi connectivity index (χ0n) is 16.9. The van der Waals surface area contributed by atoms with Gasteiger partial charge in [-0.3, -0.25) is 20.3 Å². The maximum absolute atomic E-state index is 12.7. The smallest absolute Gasteiger partial charge is 0.287 e. The maximum Gasteiger partial charge on any atom is 0.287 e. The summed E-state index contributed by atoms with van der Waals surface area (Å²) in [6.07, 6.45) is 0.868. The molecule has 0 unspecified atom stereocenters. The topological polar surface area (TPSA) is 96.2 Å². The Bertz CT molecular complexity index is 1020. The molecule has 1 aromatic carbocycles. The highest BCUT2D eigenvalue weighted by Gasteiger charge is 2.16. The number of amides is 1. The third kappa shape index (κ3) is 5.65. The van der Waals surface area contributed by atoms with Gasteiger partial charge in [-0.1, -0.05) is 26.0 Å². The molecule has 1 amide bonds. The summed E-state index contributed by atoms with van der Waals surface area (Å²) in [7, 11) is 0. The Hall–Kier alpha value is -3.18. The van der Waals surface area contributed by atoms with Gasteiger partial charge in [0.1, 0.15) is 17.4 Å². The van der Waals surface area contributed by atoms with Crippen LogP contribution in [0.4, 0.5) is 0 Å². The Morgan fingerprint density at radius 1 is 1.31 bits per heavy atom. The Morgan fingerprint density at radius 3 is 2.66 bits per heavy atom. The van der Waals surface area contributed by atoms with E-state index in [4.69, 9.17) is 17.0 Å². The second-order valence-electron chi connectivity index (χ2n) is 7.02. The number of thiocarbonyl (C=S) groups is 1. The van der Waals surface area contributed by atoms with Crippen molar-refractivity contribution in [3.05, 3.63) is 63.1 Å². The number of aryl methyl sites for hydroxylation is 2. The highest BCUT2D eigenvalue weighted by Crippen LogP contribution is 2.18. The minimum absolute atomic E-state index is 0.0149. The first-order valence-corrected chi connectivity index (χ1v) is 9.63. The molecule has 7 nitrogen and oxygen atoms in total. The molecule has 0 saturated carbocycles. The summed E-state index contributed by atoms with van der Waals surface area (Å²) in [6, 6.07) is 10.5. The monoisotopic (exact) mass is 412 g/mol. The number of benzene rings is 1. The molecule has 0 bridgehead atoms. The molecule has 1 aromatic heterocycles. The number of hydrogen-bond donors (Lipinski definition) is 2. The van der Waals surface area contributed by atoms with Crippen LogP contribution in [-0.4, -0.2) is 22.3 Å². The molecule has 0 saturated heterocycles. The summed E-state index contributed by atoms with van der Waals surface area (Å²) >= 11 is 5.18. The SMILES string of the molecule is Cc1cc(C)n(NC(=S)NC(=O)c2ccccc2OCCC(C)C)c(=O)c1C#N. The lowest BCUT2D eigenvalue weighted by atomic mass is 10.1. The van der Waals surface area contributed by atoms with Crippen molar-refractivity contribution in [3.8, 4) is 11.8 Å². The van der Waals surface area contributed by atoms with Crippen molar-refractivity contribution in [3.63, 3.8) is 0 Å². The summed E-state index contributed by atoms with van der Waals surface area (Å²) < 4.78 is 6.87. The van der Waals surface area contributed by atoms with Crippen LogP contribution in [0.2, 0.25) is 0 Å². The van der Waals surface area contributed by atoms with Gasteiger partial charge in [0.2, 0.25) is 0 Å². The number of rotatable bonds is 6. The predicted octanol–water partition coefficient (Wildman–Crippen LogP) is 3.02. The molecule has 1 heterocycles. The summed E-state index contributed by atoms with van der Waals surface area (Å²) in [5.74, 6) is 0.493. The third-order valence-corrected chi connectivity index (χ3v) is 4.42. The lowest BCUT2D eigenvalue weighted by Gasteiger charge is -2.16. The van der Waals surface area contributed by atoms with Gasteiger partial charge in [0, 0.05) is 5.69 Å². The lowest BCUT2D eigenvalue weighted by molar-refractivity contribution is 0.0973. The van der Waals surface area contributed by atoms with E-state index in [1.54, 1.807) is 44.2 Å². The van der Waals surface area contributed by atoms with Crippen LogP contribution in [-0.2, 0) is 0 Å². The van der Waals surface area contributed by atoms with Gasteiger partial charge < -0.3 is 4.74 Å². The van der Waals surface area contributed by atoms with Gasteiger partial charge in [0.05, 0.1) is 12.2 Å². The van der Waals surface area contributed by atoms with Gasteiger partial charge in [0.25, 0.3) is 11.5 Å². The van der Waals surface area contributed by atoms with E-state index < -0.39 is 11.5 Å². The van der Waals surface area contributed by atoms with Gasteiger partial charge in [0.15, 0.2) is 5.11 Å². The van der Waals surface area contributed by atoms with Crippen LogP contribution in [0.1, 0.15) is 47.4 Å². The van der Waals surface area contributed by atoms with Crippen LogP contribution in [0, 0.1) is 31.1 Å². The van der Waals surface area contributed by atoms with Gasteiger partial charge in [-0.2, -0.15) is 5.26 Å². The fourth-order valence-electron chi connectivity index (χ4n) is 2.65. The van der Waals surface area contributed by atoms with E-state index >= 15 is 0 Å². The molecule has 0 fully saturated rings. The number of hydrogen-bond acceptors (Lipinski definition) is 5. The Morgan fingerprint density at radius 2 is 2.00 bits per heavy atom. The number of aromatic nitrogens is 1. The van der Waals surface area contributed by atoms with Gasteiger partial charge in [-0.15, -0.1) is 0 Å². The molecule has 0 aliphatic heterocycles. The van der Waals surface area contributed by atoms with Crippen LogP contribution in [0.3, 0.4) is 0 Å². The Kier molecular flexibility index (Phi) is 7.51. The molecular formula is C21H24N4O3S. The molecule has 0 aliphatic carbocycles. The first-order valence-electron chi connectivity index (χ1n) is 9.22. The van der Waals surface area contributed by atoms with Gasteiger partial charge in [-0.25, -0.2) is 4.68 Å². The highest BCUT2D eigenvalue weighted by atomic mass is 32.1. The van der Waals surface area contributed by atoms with E-state index in [2.05, 4.69) is 24.6 Å². The largest absolute Gasteiger partial charge is 0.493 e. The first kappa shape index (κ1) is 22.1. The number of nitrogens with one attached hydrogen (secondary N) is 2. The maximum atomic E-state index is 12.7. The molecule has 0 atom stereocenters. The van der Waals surface area contributed by atoms with E-state index in [-0.39, 0.29) is 10.7 Å². The lowest BCUT2D eigenvalue weighted by Crippen LogP contribution is -2.43. The number of carbonyl (C=O) groups is 1. The molecule has 152 valence electrons. The Labute approximate surface area is 175 Å². The molecule has 2 rings (SSSR count). The number of nitrogens with zero attached hydrogens (tertiary/aromatic N) is 2. The standard InChI is InChI=1S/C21H24N4O3S/c1-13(2)9-10-28-18-8-6-5-7-16(18)19(26)23-21(29)24-25-15(4)11-14(3)17(12-22)20(25)27/h5-8,11,13H,9-10H2,1-4H3,(H2,23,24,26,29). The third-order valence-electron chi connectivity index (χ3n) is 4.23. The Balaban J connectivity index is 2.14. The fraction of sp³-hybridized carbons (Fsp3) is 0.333. The second kappa shape index (κ2) is 9.85. The van der Waals surface area contributed by atoms with Crippen LogP contribution in [0.5, 0.6) is 5.75 Å². The minimum Gasteiger partial charge on any atom is -0.493 e. The van der Waals surface area contributed by atoms with Crippen LogP contribution < -0.4 is 21.0 Å². The van der Waals surface area contributed by atoms with Gasteiger partial charge in [-0.05, 0) is 62.2 Å². The molecule has 2 N–H and O–H groups in total. The highest BCUT2D eigenvalue weighted by molar-refractivity contribution is 7.80. The quantitative estimate of drug-likeness (QED) is 0.708. The summed E-state index contributed by atoms with van der Waals surface area (Å²) in [4.78, 5) is 25.1. The summed E-state index contributed by atoms with van der Waals surface area (Å²) in [5, 5.41) is 11.7. The van der Waals surface area contributed by atoms with Crippen LogP contribution in [0.25, 0.3) is 0 Å². The average Bonchev–Trinajstić information content (AvgIpc) is 2.65. The van der Waals surface area contributed by atoms with E-state index in [1.165, 1.54) is 0 Å². The zero-order valence-corrected chi connectivity index (χ0v) is 17.7. The fourth-order valence-corrected chi connectivity index (χ4v) is 2.83. The summed E-state index contributed by atoms with van der Waals surface area (Å²) in [5.41, 5.74) is 3.63. The van der Waals surface area contributed by atoms with Gasteiger partial charge >= 0.3 is 0 Å². The average molecular weight is 413 g/mol. The normalized spacial score (nSPS) is 10.3. The van der Waals surface area contributed by atoms with Crippen molar-refractivity contribution in [2.75, 3.05) is 12.0 Å². The van der Waals surface area contributed by atoms with E-state index in [0.29, 0.717) is 35.1 Å². The number of pyridine rings is 1. The van der Waals surface area contributed by atoms with E-state index in [1.807, 2.05) is 6.07 Å². The molecule has 8 heteroatoms. The predicted molar refractivity (Wildman–Crippen MR) is 116 cm³/mol. The van der Waals surface area contributed by atoms with Crippen LogP contribution >= 0.6 is 12.2 Å². The van der Waals surface area contributed by atoms with Crippen molar-refractivity contribution in [2.45, 2.75) is 34.1 Å². The number of carbonyl (C=O) groups excluding carboxylic acids is 1. The second-order valence-corrected chi connectivity index (χ2v) is 7.43. The number of ether oxygens (including phenoxy) is 1. The number of nitriles is 1. The molecular weight excluding hydrogens is 388 g/mol. The molecule has 0 radical (unpaired) electrons. The van der Waals surface area contributed by atoms with E-state index in [0.717, 1.165) is 11.1 Å². The van der Waals surface area contributed by atoms with Crippen molar-refractivity contribution >= 4 is 23.2 Å². The first-order chi connectivity index (χ1) is 13.7. The zero-order chi connectivity index (χ0) is 21.6. The molecule has 0 spiro atoms. The molecule has 0 aliphatic rings. The van der Waals surface area contributed by atoms with Crippen molar-refractivity contribution in [2.24, 2.45) is 5.92 Å². The van der Waals surface area contributed by atoms with Crippen molar-refractivity contribution < 1.29 is 9.53 Å². The van der Waals surface area contributed by atoms with E-state index in [9.17, 15) is 14.9 Å². The number of para-hydroxylation sites is 1. The van der Waals surface area contributed by atoms with Crippen molar-refractivity contribution in [1.82, 2.24) is 9.99 Å². The molecule has 29 heavy (non-hydrogen) atoms. The molecule has 2 aromatic rings.